The van der Waals surface area contributed by atoms with Gasteiger partial charge in [0, 0.05) is 16.6 Å². The van der Waals surface area contributed by atoms with Gasteiger partial charge in [0.05, 0.1) is 11.1 Å². The molecule has 2 aliphatic carbocycles. The molecule has 0 unspecified atom stereocenters. The van der Waals surface area contributed by atoms with Crippen molar-refractivity contribution in [2.75, 3.05) is 6.61 Å². The zero-order valence-corrected chi connectivity index (χ0v) is 15.7. The van der Waals surface area contributed by atoms with E-state index in [4.69, 9.17) is 9.72 Å². The van der Waals surface area contributed by atoms with E-state index in [0.29, 0.717) is 11.1 Å². The minimum Gasteiger partial charge on any atom is -0.454 e. The fourth-order valence-electron chi connectivity index (χ4n) is 4.48. The first-order valence-electron chi connectivity index (χ1n) is 9.93. The Morgan fingerprint density at radius 1 is 0.929 bits per heavy atom. The number of ketones is 1. The van der Waals surface area contributed by atoms with Gasteiger partial charge in [-0.05, 0) is 67.3 Å². The molecule has 0 saturated carbocycles. The summed E-state index contributed by atoms with van der Waals surface area (Å²) in [5.41, 5.74) is 6.55. The second-order valence-electron chi connectivity index (χ2n) is 7.62. The fraction of sp³-hybridized carbons (Fsp3) is 0.292. The molecule has 0 spiro atoms. The predicted molar refractivity (Wildman–Crippen MR) is 107 cm³/mol. The van der Waals surface area contributed by atoms with Crippen molar-refractivity contribution in [2.24, 2.45) is 0 Å². The summed E-state index contributed by atoms with van der Waals surface area (Å²) in [6, 6.07) is 13.5. The molecule has 4 heteroatoms. The van der Waals surface area contributed by atoms with Crippen molar-refractivity contribution in [2.45, 2.75) is 38.5 Å². The number of aromatic nitrogens is 1. The van der Waals surface area contributed by atoms with Gasteiger partial charge >= 0.3 is 5.97 Å². The Morgan fingerprint density at radius 3 is 2.68 bits per heavy atom. The SMILES string of the molecule is O=C(COC(=O)c1c2c(nc3ccccc13)CCC2)c1ccc2c(c1)CCC2. The fourth-order valence-corrected chi connectivity index (χ4v) is 4.48. The molecule has 2 aliphatic rings. The molecule has 3 aromatic rings. The van der Waals surface area contributed by atoms with Crippen LogP contribution in [0.1, 0.15) is 55.9 Å². The first kappa shape index (κ1) is 17.1. The number of rotatable bonds is 4. The first-order valence-corrected chi connectivity index (χ1v) is 9.93. The van der Waals surface area contributed by atoms with Gasteiger partial charge in [0.25, 0.3) is 0 Å². The maximum Gasteiger partial charge on any atom is 0.339 e. The molecule has 1 heterocycles. The molecular formula is C24H21NO3. The number of hydrogen-bond acceptors (Lipinski definition) is 4. The van der Waals surface area contributed by atoms with E-state index in [-0.39, 0.29) is 12.4 Å². The topological polar surface area (TPSA) is 56.3 Å². The van der Waals surface area contributed by atoms with Gasteiger partial charge in [-0.15, -0.1) is 0 Å². The summed E-state index contributed by atoms with van der Waals surface area (Å²) < 4.78 is 5.48. The molecule has 5 rings (SSSR count). The highest BCUT2D eigenvalue weighted by Crippen LogP contribution is 2.30. The first-order chi connectivity index (χ1) is 13.7. The van der Waals surface area contributed by atoms with Crippen LogP contribution in [-0.2, 0) is 30.4 Å². The van der Waals surface area contributed by atoms with Gasteiger partial charge < -0.3 is 4.74 Å². The number of carbonyl (C=O) groups excluding carboxylic acids is 2. The lowest BCUT2D eigenvalue weighted by Crippen LogP contribution is -2.16. The highest BCUT2D eigenvalue weighted by atomic mass is 16.5. The van der Waals surface area contributed by atoms with E-state index in [1.807, 2.05) is 42.5 Å². The van der Waals surface area contributed by atoms with Crippen LogP contribution in [0.15, 0.2) is 42.5 Å². The Bertz CT molecular complexity index is 1120. The number of para-hydroxylation sites is 1. The van der Waals surface area contributed by atoms with Crippen molar-refractivity contribution < 1.29 is 14.3 Å². The summed E-state index contributed by atoms with van der Waals surface area (Å²) in [6.07, 6.45) is 5.95. The average molecular weight is 371 g/mol. The maximum atomic E-state index is 12.9. The van der Waals surface area contributed by atoms with Crippen molar-refractivity contribution in [3.8, 4) is 0 Å². The molecule has 140 valence electrons. The Morgan fingerprint density at radius 2 is 1.75 bits per heavy atom. The van der Waals surface area contributed by atoms with Gasteiger partial charge in [-0.25, -0.2) is 4.79 Å². The molecule has 0 atom stereocenters. The normalized spacial score (nSPS) is 14.7. The van der Waals surface area contributed by atoms with E-state index in [0.717, 1.165) is 60.7 Å². The Kier molecular flexibility index (Phi) is 4.19. The second-order valence-corrected chi connectivity index (χ2v) is 7.62. The van der Waals surface area contributed by atoms with Crippen LogP contribution in [0.3, 0.4) is 0 Å². The van der Waals surface area contributed by atoms with Gasteiger partial charge in [-0.2, -0.15) is 0 Å². The van der Waals surface area contributed by atoms with Gasteiger partial charge in [0.2, 0.25) is 0 Å². The van der Waals surface area contributed by atoms with Crippen molar-refractivity contribution in [1.82, 2.24) is 4.98 Å². The number of esters is 1. The van der Waals surface area contributed by atoms with Crippen LogP contribution in [0.2, 0.25) is 0 Å². The molecule has 0 aliphatic heterocycles. The number of benzene rings is 2. The molecule has 0 amide bonds. The zero-order chi connectivity index (χ0) is 19.1. The van der Waals surface area contributed by atoms with Crippen molar-refractivity contribution in [3.63, 3.8) is 0 Å². The lowest BCUT2D eigenvalue weighted by molar-refractivity contribution is 0.0475. The van der Waals surface area contributed by atoms with Crippen LogP contribution in [0.5, 0.6) is 0 Å². The summed E-state index contributed by atoms with van der Waals surface area (Å²) in [5, 5.41) is 0.804. The quantitative estimate of drug-likeness (QED) is 0.508. The number of Topliss-reactive ketones (excluding diaryl/α,β-unsaturated/α-hetero) is 1. The van der Waals surface area contributed by atoms with Gasteiger partial charge in [-0.3, -0.25) is 9.78 Å². The molecule has 28 heavy (non-hydrogen) atoms. The Hall–Kier alpha value is -3.01. The molecule has 0 saturated heterocycles. The summed E-state index contributed by atoms with van der Waals surface area (Å²) >= 11 is 0. The van der Waals surface area contributed by atoms with Crippen molar-refractivity contribution >= 4 is 22.7 Å². The largest absolute Gasteiger partial charge is 0.454 e. The summed E-state index contributed by atoms with van der Waals surface area (Å²) in [4.78, 5) is 30.2. The molecule has 2 aromatic carbocycles. The smallest absolute Gasteiger partial charge is 0.339 e. The Labute approximate surface area is 163 Å². The summed E-state index contributed by atoms with van der Waals surface area (Å²) in [7, 11) is 0. The highest BCUT2D eigenvalue weighted by Gasteiger charge is 2.25. The Balaban J connectivity index is 1.40. The lowest BCUT2D eigenvalue weighted by atomic mass is 10.0. The molecule has 0 fully saturated rings. The third kappa shape index (κ3) is 2.89. The minimum absolute atomic E-state index is 0.155. The van der Waals surface area contributed by atoms with Gasteiger partial charge in [0.15, 0.2) is 12.4 Å². The predicted octanol–water partition coefficient (Wildman–Crippen LogP) is 4.25. The standard InChI is InChI=1S/C24H21NO3/c26-22(17-12-11-15-5-3-6-16(15)13-17)14-28-24(27)23-18-7-1-2-9-20(18)25-21-10-4-8-19(21)23/h1-2,7,9,11-13H,3-6,8,10,14H2. The number of fused-ring (bicyclic) bond motifs is 3. The van der Waals surface area contributed by atoms with E-state index in [2.05, 4.69) is 0 Å². The molecule has 4 nitrogen and oxygen atoms in total. The minimum atomic E-state index is -0.425. The van der Waals surface area contributed by atoms with Crippen molar-refractivity contribution in [1.29, 1.82) is 0 Å². The highest BCUT2D eigenvalue weighted by molar-refractivity contribution is 6.06. The monoisotopic (exact) mass is 371 g/mol. The zero-order valence-electron chi connectivity index (χ0n) is 15.7. The van der Waals surface area contributed by atoms with Crippen LogP contribution in [0.25, 0.3) is 10.9 Å². The number of hydrogen-bond donors (Lipinski definition) is 0. The average Bonchev–Trinajstić information content (AvgIpc) is 3.38. The van der Waals surface area contributed by atoms with E-state index in [9.17, 15) is 9.59 Å². The van der Waals surface area contributed by atoms with Crippen LogP contribution in [0, 0.1) is 0 Å². The summed E-state index contributed by atoms with van der Waals surface area (Å²) in [5.74, 6) is -0.579. The maximum absolute atomic E-state index is 12.9. The van der Waals surface area contributed by atoms with Crippen LogP contribution in [0.4, 0.5) is 0 Å². The second kappa shape index (κ2) is 6.86. The molecule has 1 aromatic heterocycles. The van der Waals surface area contributed by atoms with E-state index < -0.39 is 5.97 Å². The van der Waals surface area contributed by atoms with E-state index >= 15 is 0 Å². The van der Waals surface area contributed by atoms with Gasteiger partial charge in [-0.1, -0.05) is 30.3 Å². The number of nitrogens with zero attached hydrogens (tertiary/aromatic N) is 1. The van der Waals surface area contributed by atoms with Crippen molar-refractivity contribution in [3.05, 3.63) is 76.0 Å². The van der Waals surface area contributed by atoms with Crippen LogP contribution >= 0.6 is 0 Å². The van der Waals surface area contributed by atoms with Crippen LogP contribution in [-0.4, -0.2) is 23.3 Å². The number of ether oxygens (including phenoxy) is 1. The molecule has 0 radical (unpaired) electrons. The number of carbonyl (C=O) groups is 2. The van der Waals surface area contributed by atoms with E-state index in [1.165, 1.54) is 11.1 Å². The molecular weight excluding hydrogens is 350 g/mol. The van der Waals surface area contributed by atoms with E-state index in [1.54, 1.807) is 0 Å². The number of aryl methyl sites for hydroxylation is 3. The van der Waals surface area contributed by atoms with Gasteiger partial charge in [0.1, 0.15) is 0 Å². The third-order valence-corrected chi connectivity index (χ3v) is 5.88. The lowest BCUT2D eigenvalue weighted by Gasteiger charge is -2.12. The molecule has 0 N–H and O–H groups in total. The number of pyridine rings is 1. The van der Waals surface area contributed by atoms with Crippen LogP contribution < -0.4 is 0 Å². The third-order valence-electron chi connectivity index (χ3n) is 5.88. The summed E-state index contributed by atoms with van der Waals surface area (Å²) in [6.45, 7) is -0.233. The molecule has 0 bridgehead atoms.